The molecule has 2 unspecified atom stereocenters. The summed E-state index contributed by atoms with van der Waals surface area (Å²) in [6.07, 6.45) is 0.457. The third-order valence-corrected chi connectivity index (χ3v) is 4.29. The number of hydrogen-bond acceptors (Lipinski definition) is 4. The Hall–Kier alpha value is -0.960. The van der Waals surface area contributed by atoms with Gasteiger partial charge >= 0.3 is 7.60 Å². The Balaban J connectivity index is 2.24. The Kier molecular flexibility index (Phi) is 3.24. The Morgan fingerprint density at radius 2 is 2.06 bits per heavy atom. The quantitative estimate of drug-likeness (QED) is 0.746. The van der Waals surface area contributed by atoms with E-state index in [2.05, 4.69) is 0 Å². The van der Waals surface area contributed by atoms with Crippen LogP contribution in [0.5, 0.6) is 0 Å². The first-order chi connectivity index (χ1) is 7.62. The second-order valence-corrected chi connectivity index (χ2v) is 5.58. The van der Waals surface area contributed by atoms with Gasteiger partial charge in [0, 0.05) is 5.56 Å². The van der Waals surface area contributed by atoms with Crippen LogP contribution in [0.3, 0.4) is 0 Å². The maximum Gasteiger partial charge on any atom is 0.401 e. The van der Waals surface area contributed by atoms with Crippen LogP contribution in [0.15, 0.2) is 30.3 Å². The fourth-order valence-electron chi connectivity index (χ4n) is 1.50. The van der Waals surface area contributed by atoms with E-state index in [1.54, 1.807) is 37.3 Å². The summed E-state index contributed by atoms with van der Waals surface area (Å²) in [5.41, 5.74) is -0.195. The SMILES string of the molecule is CC1CCOP(=O)(C(=O)c2ccccc2)O1. The summed E-state index contributed by atoms with van der Waals surface area (Å²) in [6.45, 7) is 2.09. The molecule has 1 heterocycles. The van der Waals surface area contributed by atoms with Gasteiger partial charge < -0.3 is 4.52 Å². The van der Waals surface area contributed by atoms with Crippen molar-refractivity contribution in [3.8, 4) is 0 Å². The topological polar surface area (TPSA) is 52.6 Å². The molecule has 5 heteroatoms. The van der Waals surface area contributed by atoms with Crippen LogP contribution in [-0.2, 0) is 13.6 Å². The second-order valence-electron chi connectivity index (χ2n) is 3.71. The molecule has 0 spiro atoms. The molecular weight excluding hydrogens is 227 g/mol. The lowest BCUT2D eigenvalue weighted by Gasteiger charge is -2.26. The van der Waals surface area contributed by atoms with Crippen LogP contribution < -0.4 is 0 Å². The predicted molar refractivity (Wildman–Crippen MR) is 59.5 cm³/mol. The molecule has 1 saturated heterocycles. The molecule has 2 rings (SSSR count). The van der Waals surface area contributed by atoms with Crippen molar-refractivity contribution in [1.82, 2.24) is 0 Å². The molecule has 0 N–H and O–H groups in total. The van der Waals surface area contributed by atoms with Crippen molar-refractivity contribution in [2.24, 2.45) is 0 Å². The molecule has 86 valence electrons. The predicted octanol–water partition coefficient (Wildman–Crippen LogP) is 2.85. The van der Waals surface area contributed by atoms with E-state index < -0.39 is 13.1 Å². The molecule has 0 amide bonds. The van der Waals surface area contributed by atoms with E-state index in [0.717, 1.165) is 0 Å². The summed E-state index contributed by atoms with van der Waals surface area (Å²) >= 11 is 0. The molecule has 0 aromatic heterocycles. The number of rotatable bonds is 2. The largest absolute Gasteiger partial charge is 0.401 e. The van der Waals surface area contributed by atoms with Crippen molar-refractivity contribution >= 4 is 13.1 Å². The highest BCUT2D eigenvalue weighted by Crippen LogP contribution is 2.54. The average molecular weight is 240 g/mol. The third-order valence-electron chi connectivity index (χ3n) is 2.37. The molecule has 1 aromatic rings. The fraction of sp³-hybridized carbons (Fsp3) is 0.364. The Morgan fingerprint density at radius 1 is 1.38 bits per heavy atom. The van der Waals surface area contributed by atoms with E-state index in [0.29, 0.717) is 18.6 Å². The molecule has 16 heavy (non-hydrogen) atoms. The highest BCUT2D eigenvalue weighted by atomic mass is 31.2. The average Bonchev–Trinajstić information content (AvgIpc) is 2.29. The molecular formula is C11H13O4P. The molecule has 1 aliphatic rings. The smallest absolute Gasteiger partial charge is 0.303 e. The number of carbonyl (C=O) groups excluding carboxylic acids is 1. The highest BCUT2D eigenvalue weighted by molar-refractivity contribution is 7.72. The Labute approximate surface area is 94.1 Å². The van der Waals surface area contributed by atoms with Gasteiger partial charge in [-0.05, 0) is 13.3 Å². The number of hydrogen-bond donors (Lipinski definition) is 0. The van der Waals surface area contributed by atoms with Gasteiger partial charge in [-0.3, -0.25) is 13.9 Å². The molecule has 0 bridgehead atoms. The highest BCUT2D eigenvalue weighted by Gasteiger charge is 2.40. The number of benzene rings is 1. The minimum absolute atomic E-state index is 0.202. The van der Waals surface area contributed by atoms with Gasteiger partial charge in [0.1, 0.15) is 0 Å². The van der Waals surface area contributed by atoms with Crippen LogP contribution >= 0.6 is 7.60 Å². The molecule has 2 atom stereocenters. The summed E-state index contributed by atoms with van der Waals surface area (Å²) in [5.74, 6) is 0. The van der Waals surface area contributed by atoms with E-state index in [4.69, 9.17) is 9.05 Å². The van der Waals surface area contributed by atoms with Gasteiger partial charge in [-0.15, -0.1) is 0 Å². The van der Waals surface area contributed by atoms with Gasteiger partial charge in [0.05, 0.1) is 12.7 Å². The van der Waals surface area contributed by atoms with E-state index in [1.807, 2.05) is 0 Å². The monoisotopic (exact) mass is 240 g/mol. The van der Waals surface area contributed by atoms with Crippen molar-refractivity contribution in [2.45, 2.75) is 19.4 Å². The second kappa shape index (κ2) is 4.50. The zero-order chi connectivity index (χ0) is 11.6. The van der Waals surface area contributed by atoms with Crippen molar-refractivity contribution in [1.29, 1.82) is 0 Å². The summed E-state index contributed by atoms with van der Waals surface area (Å²) in [4.78, 5) is 12.0. The van der Waals surface area contributed by atoms with Gasteiger partial charge in [-0.2, -0.15) is 0 Å². The van der Waals surface area contributed by atoms with Crippen LogP contribution in [0.4, 0.5) is 0 Å². The first-order valence-electron chi connectivity index (χ1n) is 5.15. The van der Waals surface area contributed by atoms with Crippen LogP contribution in [0.1, 0.15) is 23.7 Å². The molecule has 0 aliphatic carbocycles. The van der Waals surface area contributed by atoms with E-state index in [9.17, 15) is 9.36 Å². The van der Waals surface area contributed by atoms with Crippen molar-refractivity contribution in [3.63, 3.8) is 0 Å². The van der Waals surface area contributed by atoms with Crippen molar-refractivity contribution in [2.75, 3.05) is 6.61 Å². The third kappa shape index (κ3) is 2.24. The fourth-order valence-corrected chi connectivity index (χ4v) is 3.17. The lowest BCUT2D eigenvalue weighted by Crippen LogP contribution is -2.21. The Morgan fingerprint density at radius 3 is 2.69 bits per heavy atom. The van der Waals surface area contributed by atoms with E-state index >= 15 is 0 Å². The van der Waals surface area contributed by atoms with Gasteiger partial charge in [0.25, 0.3) is 5.52 Å². The summed E-state index contributed by atoms with van der Waals surface area (Å²) in [6, 6.07) is 8.43. The van der Waals surface area contributed by atoms with E-state index in [1.165, 1.54) is 0 Å². The van der Waals surface area contributed by atoms with Gasteiger partial charge in [0.2, 0.25) is 0 Å². The minimum atomic E-state index is -3.62. The molecule has 1 aliphatic heterocycles. The van der Waals surface area contributed by atoms with Crippen molar-refractivity contribution in [3.05, 3.63) is 35.9 Å². The van der Waals surface area contributed by atoms with Crippen LogP contribution in [-0.4, -0.2) is 18.2 Å². The maximum absolute atomic E-state index is 12.2. The van der Waals surface area contributed by atoms with Crippen LogP contribution in [0, 0.1) is 0 Å². The molecule has 0 saturated carbocycles. The minimum Gasteiger partial charge on any atom is -0.303 e. The maximum atomic E-state index is 12.2. The number of carbonyl (C=O) groups is 1. The first-order valence-corrected chi connectivity index (χ1v) is 6.69. The van der Waals surface area contributed by atoms with Gasteiger partial charge in [-0.25, -0.2) is 0 Å². The summed E-state index contributed by atoms with van der Waals surface area (Å²) in [5, 5.41) is 0. The standard InChI is InChI=1S/C11H13O4P/c1-9-7-8-14-16(13,15-9)11(12)10-5-3-2-4-6-10/h2-6,9H,7-8H2,1H3. The summed E-state index contributed by atoms with van der Waals surface area (Å²) < 4.78 is 22.4. The normalized spacial score (nSPS) is 29.9. The molecule has 1 aromatic carbocycles. The van der Waals surface area contributed by atoms with Crippen LogP contribution in [0.25, 0.3) is 0 Å². The zero-order valence-corrected chi connectivity index (χ0v) is 9.85. The van der Waals surface area contributed by atoms with E-state index in [-0.39, 0.29) is 6.10 Å². The zero-order valence-electron chi connectivity index (χ0n) is 8.96. The Bertz CT molecular complexity index is 429. The van der Waals surface area contributed by atoms with Crippen LogP contribution in [0.2, 0.25) is 0 Å². The molecule has 1 fully saturated rings. The first kappa shape index (κ1) is 11.5. The van der Waals surface area contributed by atoms with Gasteiger partial charge in [0.15, 0.2) is 0 Å². The van der Waals surface area contributed by atoms with Crippen molar-refractivity contribution < 1.29 is 18.4 Å². The molecule has 4 nitrogen and oxygen atoms in total. The summed E-state index contributed by atoms with van der Waals surface area (Å²) in [7, 11) is -3.62. The van der Waals surface area contributed by atoms with Gasteiger partial charge in [-0.1, -0.05) is 30.3 Å². The lowest BCUT2D eigenvalue weighted by molar-refractivity contribution is 0.0756. The molecule has 0 radical (unpaired) electrons. The lowest BCUT2D eigenvalue weighted by atomic mass is 10.2.